The van der Waals surface area contributed by atoms with E-state index in [-0.39, 0.29) is 5.43 Å². The van der Waals surface area contributed by atoms with Crippen molar-refractivity contribution in [2.45, 2.75) is 6.42 Å². The molecule has 0 atom stereocenters. The van der Waals surface area contributed by atoms with E-state index in [1.54, 1.807) is 37.4 Å². The van der Waals surface area contributed by atoms with Crippen LogP contribution < -0.4 is 10.2 Å². The van der Waals surface area contributed by atoms with Gasteiger partial charge in [0, 0.05) is 32.3 Å². The number of benzene rings is 2. The summed E-state index contributed by atoms with van der Waals surface area (Å²) < 4.78 is 30.0. The van der Waals surface area contributed by atoms with Crippen molar-refractivity contribution in [3.63, 3.8) is 0 Å². The highest BCUT2D eigenvalue weighted by Gasteiger charge is 2.13. The number of fused-ring (bicyclic) bond motifs is 1. The van der Waals surface area contributed by atoms with E-state index >= 15 is 0 Å². The smallest absolute Gasteiger partial charge is 0.193 e. The van der Waals surface area contributed by atoms with Crippen molar-refractivity contribution in [2.24, 2.45) is 0 Å². The van der Waals surface area contributed by atoms with Crippen LogP contribution in [0.25, 0.3) is 22.3 Å². The van der Waals surface area contributed by atoms with Crippen LogP contribution in [0.4, 0.5) is 4.39 Å². The second-order valence-electron chi connectivity index (χ2n) is 5.31. The highest BCUT2D eigenvalue weighted by molar-refractivity contribution is 5.79. The molecule has 0 saturated heterocycles. The van der Waals surface area contributed by atoms with E-state index in [1.807, 2.05) is 0 Å². The largest absolute Gasteiger partial charge is 0.493 e. The van der Waals surface area contributed by atoms with Gasteiger partial charge in [0.2, 0.25) is 0 Å². The second kappa shape index (κ2) is 7.27. The minimum Gasteiger partial charge on any atom is -0.493 e. The highest BCUT2D eigenvalue weighted by atomic mass is 19.1. The zero-order valence-corrected chi connectivity index (χ0v) is 13.3. The van der Waals surface area contributed by atoms with E-state index in [2.05, 4.69) is 0 Å². The Labute approximate surface area is 138 Å². The summed E-state index contributed by atoms with van der Waals surface area (Å²) >= 11 is 0. The van der Waals surface area contributed by atoms with Crippen LogP contribution >= 0.6 is 0 Å². The van der Waals surface area contributed by atoms with Crippen molar-refractivity contribution in [1.82, 2.24) is 0 Å². The van der Waals surface area contributed by atoms with Gasteiger partial charge in [-0.1, -0.05) is 12.1 Å². The zero-order chi connectivity index (χ0) is 16.9. The molecule has 0 fully saturated rings. The van der Waals surface area contributed by atoms with E-state index in [4.69, 9.17) is 13.9 Å². The lowest BCUT2D eigenvalue weighted by Crippen LogP contribution is -2.04. The average Bonchev–Trinajstić information content (AvgIpc) is 2.59. The van der Waals surface area contributed by atoms with E-state index in [1.165, 1.54) is 18.2 Å². The van der Waals surface area contributed by atoms with Crippen molar-refractivity contribution in [3.05, 3.63) is 64.6 Å². The first kappa shape index (κ1) is 16.2. The van der Waals surface area contributed by atoms with Gasteiger partial charge in [-0.05, 0) is 24.3 Å². The Hall–Kier alpha value is -2.66. The van der Waals surface area contributed by atoms with Crippen LogP contribution in [0.1, 0.15) is 6.42 Å². The maximum Gasteiger partial charge on any atom is 0.193 e. The van der Waals surface area contributed by atoms with Gasteiger partial charge in [0.25, 0.3) is 0 Å². The monoisotopic (exact) mass is 328 g/mol. The molecular weight excluding hydrogens is 311 g/mol. The Bertz CT molecular complexity index is 901. The molecule has 0 spiro atoms. The second-order valence-corrected chi connectivity index (χ2v) is 5.31. The minimum absolute atomic E-state index is 0.151. The fourth-order valence-electron chi connectivity index (χ4n) is 2.44. The number of methoxy groups -OCH3 is 1. The lowest BCUT2D eigenvalue weighted by molar-refractivity contribution is 0.172. The average molecular weight is 328 g/mol. The molecule has 3 rings (SSSR count). The number of para-hydroxylation sites is 1. The van der Waals surface area contributed by atoms with Gasteiger partial charge < -0.3 is 13.9 Å². The quantitative estimate of drug-likeness (QED) is 0.641. The molecular formula is C19H17FO4. The van der Waals surface area contributed by atoms with Gasteiger partial charge >= 0.3 is 0 Å². The molecule has 0 amide bonds. The molecule has 0 aliphatic rings. The summed E-state index contributed by atoms with van der Waals surface area (Å²) in [5.74, 6) is 0.272. The molecule has 4 nitrogen and oxygen atoms in total. The maximum atomic E-state index is 13.6. The third kappa shape index (κ3) is 3.46. The topological polar surface area (TPSA) is 48.7 Å². The van der Waals surface area contributed by atoms with Crippen molar-refractivity contribution >= 4 is 11.0 Å². The van der Waals surface area contributed by atoms with Crippen molar-refractivity contribution in [2.75, 3.05) is 20.3 Å². The Morgan fingerprint density at radius 3 is 2.75 bits per heavy atom. The van der Waals surface area contributed by atoms with E-state index in [0.29, 0.717) is 47.7 Å². The fourth-order valence-corrected chi connectivity index (χ4v) is 2.44. The van der Waals surface area contributed by atoms with Gasteiger partial charge in [-0.2, -0.15) is 0 Å². The molecule has 0 bridgehead atoms. The molecule has 0 unspecified atom stereocenters. The number of hydrogen-bond donors (Lipinski definition) is 0. The molecule has 0 aliphatic carbocycles. The number of rotatable bonds is 6. The Morgan fingerprint density at radius 1 is 1.08 bits per heavy atom. The van der Waals surface area contributed by atoms with Crippen molar-refractivity contribution in [1.29, 1.82) is 0 Å². The molecule has 2 aromatic carbocycles. The van der Waals surface area contributed by atoms with Gasteiger partial charge in [-0.3, -0.25) is 4.79 Å². The lowest BCUT2D eigenvalue weighted by Gasteiger charge is -2.11. The van der Waals surface area contributed by atoms with Crippen LogP contribution in [0.15, 0.2) is 57.7 Å². The molecule has 124 valence electrons. The van der Waals surface area contributed by atoms with Gasteiger partial charge in [0.15, 0.2) is 5.43 Å². The summed E-state index contributed by atoms with van der Waals surface area (Å²) in [6.45, 7) is 0.928. The summed E-state index contributed by atoms with van der Waals surface area (Å²) in [6.07, 6.45) is 0.675. The first-order valence-corrected chi connectivity index (χ1v) is 7.63. The molecule has 3 aromatic rings. The minimum atomic E-state index is -0.413. The van der Waals surface area contributed by atoms with Gasteiger partial charge in [-0.25, -0.2) is 4.39 Å². The fraction of sp³-hybridized carbons (Fsp3) is 0.211. The SMILES string of the molecule is COCCCOc1cc(F)ccc1-c1cc(=O)c2ccccc2o1. The molecule has 0 aliphatic heterocycles. The van der Waals surface area contributed by atoms with E-state index in [0.717, 1.165) is 0 Å². The number of hydrogen-bond acceptors (Lipinski definition) is 4. The molecule has 5 heteroatoms. The van der Waals surface area contributed by atoms with E-state index < -0.39 is 5.82 Å². The molecule has 0 saturated carbocycles. The van der Waals surface area contributed by atoms with Gasteiger partial charge in [0.05, 0.1) is 17.6 Å². The maximum absolute atomic E-state index is 13.6. The predicted octanol–water partition coefficient (Wildman–Crippen LogP) is 4.01. The van der Waals surface area contributed by atoms with E-state index in [9.17, 15) is 9.18 Å². The summed E-state index contributed by atoms with van der Waals surface area (Å²) in [7, 11) is 1.61. The normalized spacial score (nSPS) is 10.9. The van der Waals surface area contributed by atoms with Gasteiger partial charge in [0.1, 0.15) is 22.9 Å². The Balaban J connectivity index is 2.01. The van der Waals surface area contributed by atoms with Crippen LogP contribution in [0, 0.1) is 5.82 Å². The summed E-state index contributed by atoms with van der Waals surface area (Å²) in [5, 5.41) is 0.505. The van der Waals surface area contributed by atoms with Crippen molar-refractivity contribution < 1.29 is 18.3 Å². The van der Waals surface area contributed by atoms with Crippen LogP contribution in [0.3, 0.4) is 0 Å². The Morgan fingerprint density at radius 2 is 1.92 bits per heavy atom. The molecule has 24 heavy (non-hydrogen) atoms. The zero-order valence-electron chi connectivity index (χ0n) is 13.3. The summed E-state index contributed by atoms with van der Waals surface area (Å²) in [4.78, 5) is 12.3. The first-order valence-electron chi connectivity index (χ1n) is 7.63. The third-order valence-corrected chi connectivity index (χ3v) is 3.59. The molecule has 1 aromatic heterocycles. The van der Waals surface area contributed by atoms with Crippen LogP contribution in [-0.4, -0.2) is 20.3 Å². The molecule has 0 radical (unpaired) electrons. The lowest BCUT2D eigenvalue weighted by atomic mass is 10.1. The van der Waals surface area contributed by atoms with Crippen LogP contribution in [0.5, 0.6) is 5.75 Å². The van der Waals surface area contributed by atoms with Gasteiger partial charge in [-0.15, -0.1) is 0 Å². The van der Waals surface area contributed by atoms with Crippen LogP contribution in [0.2, 0.25) is 0 Å². The first-order chi connectivity index (χ1) is 11.7. The number of halogens is 1. The van der Waals surface area contributed by atoms with Crippen LogP contribution in [-0.2, 0) is 4.74 Å². The highest BCUT2D eigenvalue weighted by Crippen LogP contribution is 2.31. The van der Waals surface area contributed by atoms with Crippen molar-refractivity contribution in [3.8, 4) is 17.1 Å². The number of ether oxygens (including phenoxy) is 2. The Kier molecular flexibility index (Phi) is 4.91. The molecule has 1 heterocycles. The standard InChI is InChI=1S/C19H17FO4/c1-22-9-4-10-23-18-11-13(20)7-8-15(18)19-12-16(21)14-5-2-3-6-17(14)24-19/h2-3,5-8,11-12H,4,9-10H2,1H3. The molecule has 0 N–H and O–H groups in total. The predicted molar refractivity (Wildman–Crippen MR) is 89.9 cm³/mol. The summed E-state index contributed by atoms with van der Waals surface area (Å²) in [6, 6.07) is 12.6. The third-order valence-electron chi connectivity index (χ3n) is 3.59. The summed E-state index contributed by atoms with van der Waals surface area (Å²) in [5.41, 5.74) is 0.868.